The van der Waals surface area contributed by atoms with Crippen molar-refractivity contribution < 1.29 is 9.53 Å². The molecule has 3 nitrogen and oxygen atoms in total. The average molecular weight is 275 g/mol. The molecule has 20 heavy (non-hydrogen) atoms. The number of piperidine rings is 1. The van der Waals surface area contributed by atoms with Crippen molar-refractivity contribution in [2.45, 2.75) is 52.3 Å². The van der Waals surface area contributed by atoms with Crippen LogP contribution in [0.4, 0.5) is 0 Å². The Labute approximate surface area is 121 Å². The van der Waals surface area contributed by atoms with Gasteiger partial charge in [-0.25, -0.2) is 4.79 Å². The molecule has 2 rings (SSSR count). The monoisotopic (exact) mass is 275 g/mol. The number of likely N-dealkylation sites (tertiary alicyclic amines) is 1. The SMILES string of the molecule is CC(C)N1C[C@H](C)[C@H](OC(=O)c2ccccc2)C[C@@H]1C. The molecule has 3 atom stereocenters. The second-order valence-electron chi connectivity index (χ2n) is 6.16. The van der Waals surface area contributed by atoms with Crippen LogP contribution in [-0.2, 0) is 4.74 Å². The second-order valence-corrected chi connectivity index (χ2v) is 6.16. The Bertz CT molecular complexity index is 444. The first-order chi connectivity index (χ1) is 9.49. The van der Waals surface area contributed by atoms with E-state index in [1.165, 1.54) is 0 Å². The molecular formula is C17H25NO2. The standard InChI is InChI=1S/C17H25NO2/c1-12(2)18-11-13(3)16(10-14(18)4)20-17(19)15-8-6-5-7-9-15/h5-9,12-14,16H,10-11H2,1-4H3/t13-,14-,16+/m0/s1. The normalized spacial score (nSPS) is 27.6. The Morgan fingerprint density at radius 2 is 1.90 bits per heavy atom. The van der Waals surface area contributed by atoms with Gasteiger partial charge in [0.1, 0.15) is 6.10 Å². The van der Waals surface area contributed by atoms with Gasteiger partial charge in [-0.05, 0) is 32.9 Å². The third kappa shape index (κ3) is 3.40. The summed E-state index contributed by atoms with van der Waals surface area (Å²) in [5, 5.41) is 0. The van der Waals surface area contributed by atoms with E-state index in [4.69, 9.17) is 4.74 Å². The van der Waals surface area contributed by atoms with E-state index in [-0.39, 0.29) is 12.1 Å². The zero-order chi connectivity index (χ0) is 14.7. The summed E-state index contributed by atoms with van der Waals surface area (Å²) in [5.74, 6) is 0.175. The number of ether oxygens (including phenoxy) is 1. The van der Waals surface area contributed by atoms with Gasteiger partial charge < -0.3 is 4.74 Å². The molecule has 0 aliphatic carbocycles. The zero-order valence-corrected chi connectivity index (χ0v) is 12.9. The Morgan fingerprint density at radius 3 is 2.50 bits per heavy atom. The molecule has 0 amide bonds. The number of hydrogen-bond donors (Lipinski definition) is 0. The first kappa shape index (κ1) is 15.0. The second kappa shape index (κ2) is 6.40. The minimum atomic E-state index is -0.201. The minimum absolute atomic E-state index is 0.0210. The van der Waals surface area contributed by atoms with Crippen LogP contribution in [0.25, 0.3) is 0 Å². The van der Waals surface area contributed by atoms with Crippen molar-refractivity contribution in [2.75, 3.05) is 6.54 Å². The third-order valence-electron chi connectivity index (χ3n) is 4.20. The third-order valence-corrected chi connectivity index (χ3v) is 4.20. The number of carbonyl (C=O) groups is 1. The molecule has 0 aromatic heterocycles. The molecule has 3 heteroatoms. The first-order valence-corrected chi connectivity index (χ1v) is 7.50. The molecule has 1 aromatic rings. The predicted molar refractivity (Wildman–Crippen MR) is 80.7 cm³/mol. The van der Waals surface area contributed by atoms with Crippen LogP contribution >= 0.6 is 0 Å². The maximum atomic E-state index is 12.1. The Morgan fingerprint density at radius 1 is 1.25 bits per heavy atom. The molecule has 1 fully saturated rings. The van der Waals surface area contributed by atoms with Crippen LogP contribution in [0.2, 0.25) is 0 Å². The molecule has 110 valence electrons. The molecule has 1 aliphatic rings. The van der Waals surface area contributed by atoms with Crippen LogP contribution in [-0.4, -0.2) is 35.6 Å². The van der Waals surface area contributed by atoms with Crippen LogP contribution < -0.4 is 0 Å². The van der Waals surface area contributed by atoms with E-state index in [9.17, 15) is 4.79 Å². The number of hydrogen-bond acceptors (Lipinski definition) is 3. The molecule has 0 N–H and O–H groups in total. The van der Waals surface area contributed by atoms with Crippen molar-refractivity contribution in [1.29, 1.82) is 0 Å². The summed E-state index contributed by atoms with van der Waals surface area (Å²) in [6.45, 7) is 9.82. The molecule has 0 saturated carbocycles. The van der Waals surface area contributed by atoms with Crippen LogP contribution in [0, 0.1) is 5.92 Å². The van der Waals surface area contributed by atoms with Crippen LogP contribution in [0.15, 0.2) is 30.3 Å². The maximum absolute atomic E-state index is 12.1. The van der Waals surface area contributed by atoms with Crippen LogP contribution in [0.5, 0.6) is 0 Å². The van der Waals surface area contributed by atoms with Gasteiger partial charge in [-0.3, -0.25) is 4.90 Å². The largest absolute Gasteiger partial charge is 0.458 e. The quantitative estimate of drug-likeness (QED) is 0.792. The highest BCUT2D eigenvalue weighted by Gasteiger charge is 2.34. The van der Waals surface area contributed by atoms with Crippen molar-refractivity contribution >= 4 is 5.97 Å². The molecule has 0 spiro atoms. The Kier molecular flexibility index (Phi) is 4.81. The molecule has 0 radical (unpaired) electrons. The lowest BCUT2D eigenvalue weighted by Crippen LogP contribution is -2.51. The molecule has 0 unspecified atom stereocenters. The van der Waals surface area contributed by atoms with E-state index in [1.54, 1.807) is 12.1 Å². The Balaban J connectivity index is 1.99. The van der Waals surface area contributed by atoms with Crippen molar-refractivity contribution in [3.8, 4) is 0 Å². The number of rotatable bonds is 3. The highest BCUT2D eigenvalue weighted by atomic mass is 16.5. The van der Waals surface area contributed by atoms with E-state index >= 15 is 0 Å². The van der Waals surface area contributed by atoms with Crippen LogP contribution in [0.3, 0.4) is 0 Å². The highest BCUT2D eigenvalue weighted by Crippen LogP contribution is 2.27. The predicted octanol–water partition coefficient (Wildman–Crippen LogP) is 3.35. The number of benzene rings is 1. The van der Waals surface area contributed by atoms with Gasteiger partial charge in [0.25, 0.3) is 0 Å². The summed E-state index contributed by atoms with van der Waals surface area (Å²) >= 11 is 0. The molecule has 1 aromatic carbocycles. The lowest BCUT2D eigenvalue weighted by atomic mass is 9.90. The summed E-state index contributed by atoms with van der Waals surface area (Å²) in [6, 6.07) is 10.2. The van der Waals surface area contributed by atoms with Gasteiger partial charge in [0.15, 0.2) is 0 Å². The topological polar surface area (TPSA) is 29.5 Å². The number of nitrogens with zero attached hydrogens (tertiary/aromatic N) is 1. The van der Waals surface area contributed by atoms with Crippen molar-refractivity contribution in [1.82, 2.24) is 4.90 Å². The fourth-order valence-corrected chi connectivity index (χ4v) is 3.00. The molecule has 1 saturated heterocycles. The van der Waals surface area contributed by atoms with E-state index in [2.05, 4.69) is 32.6 Å². The molecular weight excluding hydrogens is 250 g/mol. The summed E-state index contributed by atoms with van der Waals surface area (Å²) < 4.78 is 5.72. The molecule has 1 aliphatic heterocycles. The van der Waals surface area contributed by atoms with Gasteiger partial charge in [0.2, 0.25) is 0 Å². The maximum Gasteiger partial charge on any atom is 0.338 e. The summed E-state index contributed by atoms with van der Waals surface area (Å²) in [5.41, 5.74) is 0.638. The fraction of sp³-hybridized carbons (Fsp3) is 0.588. The summed E-state index contributed by atoms with van der Waals surface area (Å²) in [4.78, 5) is 14.6. The van der Waals surface area contributed by atoms with E-state index in [1.807, 2.05) is 18.2 Å². The van der Waals surface area contributed by atoms with Gasteiger partial charge in [0.05, 0.1) is 5.56 Å². The fourth-order valence-electron chi connectivity index (χ4n) is 3.00. The Hall–Kier alpha value is -1.35. The smallest absolute Gasteiger partial charge is 0.338 e. The summed E-state index contributed by atoms with van der Waals surface area (Å²) in [6.07, 6.45) is 0.936. The van der Waals surface area contributed by atoms with Crippen molar-refractivity contribution in [3.05, 3.63) is 35.9 Å². The number of esters is 1. The van der Waals surface area contributed by atoms with E-state index in [0.717, 1.165) is 13.0 Å². The van der Waals surface area contributed by atoms with Crippen molar-refractivity contribution in [3.63, 3.8) is 0 Å². The van der Waals surface area contributed by atoms with Gasteiger partial charge in [-0.15, -0.1) is 0 Å². The van der Waals surface area contributed by atoms with E-state index < -0.39 is 0 Å². The highest BCUT2D eigenvalue weighted by molar-refractivity contribution is 5.89. The average Bonchev–Trinajstić information content (AvgIpc) is 2.43. The van der Waals surface area contributed by atoms with Gasteiger partial charge >= 0.3 is 5.97 Å². The summed E-state index contributed by atoms with van der Waals surface area (Å²) in [7, 11) is 0. The minimum Gasteiger partial charge on any atom is -0.458 e. The first-order valence-electron chi connectivity index (χ1n) is 7.50. The van der Waals surface area contributed by atoms with Crippen molar-refractivity contribution in [2.24, 2.45) is 5.92 Å². The molecule has 0 bridgehead atoms. The number of carbonyl (C=O) groups excluding carboxylic acids is 1. The lowest BCUT2D eigenvalue weighted by molar-refractivity contribution is -0.0329. The van der Waals surface area contributed by atoms with Crippen LogP contribution in [0.1, 0.15) is 44.5 Å². The van der Waals surface area contributed by atoms with Gasteiger partial charge in [-0.2, -0.15) is 0 Å². The van der Waals surface area contributed by atoms with Gasteiger partial charge in [0, 0.05) is 31.0 Å². The lowest BCUT2D eigenvalue weighted by Gasteiger charge is -2.43. The van der Waals surface area contributed by atoms with Gasteiger partial charge in [-0.1, -0.05) is 25.1 Å². The van der Waals surface area contributed by atoms with E-state index in [0.29, 0.717) is 23.6 Å². The molecule has 1 heterocycles. The zero-order valence-electron chi connectivity index (χ0n) is 12.9.